The second kappa shape index (κ2) is 7.31. The van der Waals surface area contributed by atoms with Crippen LogP contribution < -0.4 is 19.5 Å². The molecule has 1 amide bonds. The second-order valence-corrected chi connectivity index (χ2v) is 5.78. The first-order chi connectivity index (χ1) is 13.6. The molecule has 0 saturated heterocycles. The summed E-state index contributed by atoms with van der Waals surface area (Å²) in [6.45, 7) is 0.684. The standard InChI is InChI=1S/C19H14N2O7/c22-19(15-2-1-7-25-15)20-12-3-5-13(6-4-12)28-16-11-18-17(26-8-9-27-18)10-14(16)21(23)24/h1-7,10-11H,8-9H2,(H,20,22). The molecule has 0 unspecified atom stereocenters. The number of benzene rings is 2. The molecule has 28 heavy (non-hydrogen) atoms. The molecule has 0 atom stereocenters. The van der Waals surface area contributed by atoms with Crippen molar-refractivity contribution in [3.05, 3.63) is 70.7 Å². The molecule has 0 aliphatic carbocycles. The van der Waals surface area contributed by atoms with E-state index >= 15 is 0 Å². The maximum Gasteiger partial charge on any atom is 0.315 e. The van der Waals surface area contributed by atoms with Crippen LogP contribution in [0, 0.1) is 10.1 Å². The van der Waals surface area contributed by atoms with Gasteiger partial charge in [0.1, 0.15) is 19.0 Å². The molecule has 3 aromatic rings. The van der Waals surface area contributed by atoms with E-state index in [1.807, 2.05) is 0 Å². The van der Waals surface area contributed by atoms with Gasteiger partial charge in [-0.2, -0.15) is 0 Å². The van der Waals surface area contributed by atoms with Crippen LogP contribution in [0.4, 0.5) is 11.4 Å². The summed E-state index contributed by atoms with van der Waals surface area (Å²) in [5, 5.41) is 14.0. The van der Waals surface area contributed by atoms with Crippen molar-refractivity contribution >= 4 is 17.3 Å². The van der Waals surface area contributed by atoms with Gasteiger partial charge in [0.15, 0.2) is 17.3 Å². The van der Waals surface area contributed by atoms with Gasteiger partial charge in [-0.25, -0.2) is 0 Å². The number of nitro benzene ring substituents is 1. The molecule has 4 rings (SSSR count). The van der Waals surface area contributed by atoms with Gasteiger partial charge >= 0.3 is 5.69 Å². The molecule has 9 nitrogen and oxygen atoms in total. The quantitative estimate of drug-likeness (QED) is 0.524. The van der Waals surface area contributed by atoms with Gasteiger partial charge in [-0.1, -0.05) is 0 Å². The number of nitrogens with one attached hydrogen (secondary N) is 1. The Morgan fingerprint density at radius 1 is 1.07 bits per heavy atom. The van der Waals surface area contributed by atoms with Crippen molar-refractivity contribution in [3.63, 3.8) is 0 Å². The van der Waals surface area contributed by atoms with Crippen LogP contribution in [0.15, 0.2) is 59.2 Å². The van der Waals surface area contributed by atoms with Crippen LogP contribution in [0.3, 0.4) is 0 Å². The minimum atomic E-state index is -0.550. The first-order valence-electron chi connectivity index (χ1n) is 8.31. The lowest BCUT2D eigenvalue weighted by molar-refractivity contribution is -0.385. The minimum absolute atomic E-state index is 0.0293. The molecule has 142 valence electrons. The van der Waals surface area contributed by atoms with Crippen LogP contribution in [0.5, 0.6) is 23.0 Å². The van der Waals surface area contributed by atoms with Crippen molar-refractivity contribution in [2.24, 2.45) is 0 Å². The summed E-state index contributed by atoms with van der Waals surface area (Å²) >= 11 is 0. The van der Waals surface area contributed by atoms with E-state index in [-0.39, 0.29) is 23.1 Å². The second-order valence-electron chi connectivity index (χ2n) is 5.78. The molecule has 0 bridgehead atoms. The zero-order valence-corrected chi connectivity index (χ0v) is 14.4. The molecule has 0 saturated carbocycles. The fourth-order valence-corrected chi connectivity index (χ4v) is 2.62. The van der Waals surface area contributed by atoms with E-state index in [0.29, 0.717) is 36.1 Å². The van der Waals surface area contributed by atoms with Crippen molar-refractivity contribution in [1.29, 1.82) is 0 Å². The number of anilines is 1. The van der Waals surface area contributed by atoms with E-state index in [1.165, 1.54) is 18.4 Å². The van der Waals surface area contributed by atoms with Gasteiger partial charge in [0.2, 0.25) is 5.75 Å². The van der Waals surface area contributed by atoms with Gasteiger partial charge in [0, 0.05) is 11.8 Å². The van der Waals surface area contributed by atoms with Crippen molar-refractivity contribution in [2.45, 2.75) is 0 Å². The normalized spacial score (nSPS) is 12.3. The van der Waals surface area contributed by atoms with Crippen molar-refractivity contribution in [1.82, 2.24) is 0 Å². The molecule has 2 heterocycles. The number of fused-ring (bicyclic) bond motifs is 1. The molecule has 0 fully saturated rings. The lowest BCUT2D eigenvalue weighted by Crippen LogP contribution is -2.15. The number of ether oxygens (including phenoxy) is 3. The molecular formula is C19H14N2O7. The number of hydrogen-bond acceptors (Lipinski definition) is 7. The van der Waals surface area contributed by atoms with Gasteiger partial charge in [-0.15, -0.1) is 0 Å². The van der Waals surface area contributed by atoms with Gasteiger partial charge in [-0.3, -0.25) is 14.9 Å². The fraction of sp³-hybridized carbons (Fsp3) is 0.105. The maximum absolute atomic E-state index is 12.0. The van der Waals surface area contributed by atoms with E-state index in [1.54, 1.807) is 36.4 Å². The average molecular weight is 382 g/mol. The van der Waals surface area contributed by atoms with E-state index in [2.05, 4.69) is 5.32 Å². The Kier molecular flexibility index (Phi) is 4.55. The van der Waals surface area contributed by atoms with Gasteiger partial charge in [0.05, 0.1) is 17.3 Å². The van der Waals surface area contributed by atoms with E-state index in [9.17, 15) is 14.9 Å². The van der Waals surface area contributed by atoms with Crippen molar-refractivity contribution in [2.75, 3.05) is 18.5 Å². The summed E-state index contributed by atoms with van der Waals surface area (Å²) in [6, 6.07) is 12.3. The van der Waals surface area contributed by atoms with Gasteiger partial charge in [-0.05, 0) is 36.4 Å². The molecule has 1 N–H and O–H groups in total. The largest absolute Gasteiger partial charge is 0.486 e. The third kappa shape index (κ3) is 3.58. The third-order valence-corrected chi connectivity index (χ3v) is 3.91. The van der Waals surface area contributed by atoms with Gasteiger partial charge in [0.25, 0.3) is 5.91 Å². The Morgan fingerprint density at radius 2 is 1.79 bits per heavy atom. The average Bonchev–Trinajstić information content (AvgIpc) is 3.24. The highest BCUT2D eigenvalue weighted by Crippen LogP contribution is 2.42. The predicted molar refractivity (Wildman–Crippen MR) is 97.3 cm³/mol. The zero-order valence-electron chi connectivity index (χ0n) is 14.4. The van der Waals surface area contributed by atoms with Crippen LogP contribution >= 0.6 is 0 Å². The summed E-state index contributed by atoms with van der Waals surface area (Å²) in [4.78, 5) is 22.8. The summed E-state index contributed by atoms with van der Waals surface area (Å²) < 4.78 is 21.5. The molecule has 1 aromatic heterocycles. The predicted octanol–water partition coefficient (Wildman–Crippen LogP) is 4.00. The van der Waals surface area contributed by atoms with Crippen LogP contribution in [-0.2, 0) is 0 Å². The fourth-order valence-electron chi connectivity index (χ4n) is 2.62. The number of carbonyl (C=O) groups excluding carboxylic acids is 1. The number of nitro groups is 1. The Labute approximate surface area is 158 Å². The number of amides is 1. The number of furan rings is 1. The Morgan fingerprint density at radius 3 is 2.43 bits per heavy atom. The van der Waals surface area contributed by atoms with Crippen molar-refractivity contribution < 1.29 is 28.3 Å². The first kappa shape index (κ1) is 17.4. The molecule has 2 aromatic carbocycles. The van der Waals surface area contributed by atoms with Crippen LogP contribution in [-0.4, -0.2) is 24.0 Å². The zero-order chi connectivity index (χ0) is 19.5. The SMILES string of the molecule is O=C(Nc1ccc(Oc2cc3c(cc2[N+](=O)[O-])OCCO3)cc1)c1ccco1. The monoisotopic (exact) mass is 382 g/mol. The lowest BCUT2D eigenvalue weighted by atomic mass is 10.2. The van der Waals surface area contributed by atoms with Crippen molar-refractivity contribution in [3.8, 4) is 23.0 Å². The molecule has 9 heteroatoms. The topological polar surface area (TPSA) is 113 Å². The molecule has 0 radical (unpaired) electrons. The Bertz CT molecular complexity index is 1010. The Hall–Kier alpha value is -4.01. The highest BCUT2D eigenvalue weighted by molar-refractivity contribution is 6.02. The van der Waals surface area contributed by atoms with E-state index in [0.717, 1.165) is 0 Å². The maximum atomic E-state index is 12.0. The van der Waals surface area contributed by atoms with E-state index < -0.39 is 4.92 Å². The summed E-state index contributed by atoms with van der Waals surface area (Å²) in [5.74, 6) is 0.876. The molecular weight excluding hydrogens is 368 g/mol. The summed E-state index contributed by atoms with van der Waals surface area (Å²) in [7, 11) is 0. The number of rotatable bonds is 5. The Balaban J connectivity index is 1.53. The van der Waals surface area contributed by atoms with E-state index in [4.69, 9.17) is 18.6 Å². The number of nitrogens with zero attached hydrogens (tertiary/aromatic N) is 1. The lowest BCUT2D eigenvalue weighted by Gasteiger charge is -2.19. The summed E-state index contributed by atoms with van der Waals surface area (Å²) in [5.41, 5.74) is 0.282. The van der Waals surface area contributed by atoms with Crippen LogP contribution in [0.2, 0.25) is 0 Å². The third-order valence-electron chi connectivity index (χ3n) is 3.91. The first-order valence-corrected chi connectivity index (χ1v) is 8.31. The molecule has 0 spiro atoms. The van der Waals surface area contributed by atoms with Crippen LogP contribution in [0.1, 0.15) is 10.6 Å². The number of hydrogen-bond donors (Lipinski definition) is 1. The van der Waals surface area contributed by atoms with Gasteiger partial charge < -0.3 is 23.9 Å². The highest BCUT2D eigenvalue weighted by Gasteiger charge is 2.24. The number of carbonyl (C=O) groups is 1. The molecule has 1 aliphatic rings. The van der Waals surface area contributed by atoms with Crippen LogP contribution in [0.25, 0.3) is 0 Å². The molecule has 1 aliphatic heterocycles. The smallest absolute Gasteiger partial charge is 0.315 e. The summed E-state index contributed by atoms with van der Waals surface area (Å²) in [6.07, 6.45) is 1.41. The minimum Gasteiger partial charge on any atom is -0.486 e. The highest BCUT2D eigenvalue weighted by atomic mass is 16.6.